The van der Waals surface area contributed by atoms with E-state index in [2.05, 4.69) is 41.0 Å². The number of hydrogen-bond acceptors (Lipinski definition) is 6. The first-order valence-corrected chi connectivity index (χ1v) is 10.5. The van der Waals surface area contributed by atoms with Gasteiger partial charge in [-0.15, -0.1) is 0 Å². The number of halogens is 1. The summed E-state index contributed by atoms with van der Waals surface area (Å²) in [5.41, 5.74) is 8.05. The molecule has 7 heteroatoms. The lowest BCUT2D eigenvalue weighted by atomic mass is 10.2. The minimum absolute atomic E-state index is 0. The van der Waals surface area contributed by atoms with Crippen LogP contribution in [0.25, 0.3) is 11.3 Å². The molecule has 0 saturated heterocycles. The standard InChI is InChI=1S/C13H16N4.C6H6ClN.C4H10.H3N/c1-2-3-6-15-13-9-11(4-8-16-13)12-5-7-14-10-17-12;7-5-2-1-3-6(8)4-5;1-3-4-2;/h4-5,7-10H,2-3,6H2,1H3,(H,15,16);1-4H,8H2;3-4H2,1-2H3;1H3. The monoisotopic (exact) mass is 430 g/mol. The molecule has 0 aliphatic rings. The SMILES string of the molecule is CCCC.CCCCNc1cc(-c2ccncn2)ccn1.N.Nc1cccc(Cl)c1. The molecule has 0 aliphatic carbocycles. The third-order valence-corrected chi connectivity index (χ3v) is 4.06. The molecule has 6 nitrogen and oxygen atoms in total. The van der Waals surface area contributed by atoms with Gasteiger partial charge < -0.3 is 17.2 Å². The molecule has 3 rings (SSSR count). The molecule has 0 aliphatic heterocycles. The number of nitrogens with two attached hydrogens (primary N) is 1. The smallest absolute Gasteiger partial charge is 0.126 e. The summed E-state index contributed by atoms with van der Waals surface area (Å²) in [6.07, 6.45) is 10.1. The first kappa shape index (κ1) is 27.3. The molecular weight excluding hydrogens is 396 g/mol. The Balaban J connectivity index is 0.000000540. The zero-order valence-electron chi connectivity index (χ0n) is 18.3. The van der Waals surface area contributed by atoms with Crippen LogP contribution in [-0.2, 0) is 0 Å². The highest BCUT2D eigenvalue weighted by molar-refractivity contribution is 6.30. The van der Waals surface area contributed by atoms with Crippen LogP contribution in [-0.4, -0.2) is 21.5 Å². The fourth-order valence-corrected chi connectivity index (χ4v) is 2.25. The molecule has 0 radical (unpaired) electrons. The second kappa shape index (κ2) is 17.2. The van der Waals surface area contributed by atoms with Crippen molar-refractivity contribution in [1.29, 1.82) is 0 Å². The molecule has 30 heavy (non-hydrogen) atoms. The van der Waals surface area contributed by atoms with Gasteiger partial charge in [-0.25, -0.2) is 15.0 Å². The second-order valence-corrected chi connectivity index (χ2v) is 6.80. The lowest BCUT2D eigenvalue weighted by Crippen LogP contribution is -2.02. The van der Waals surface area contributed by atoms with Crippen molar-refractivity contribution in [1.82, 2.24) is 21.1 Å². The molecule has 0 atom stereocenters. The van der Waals surface area contributed by atoms with Gasteiger partial charge in [-0.3, -0.25) is 0 Å². The van der Waals surface area contributed by atoms with Crippen molar-refractivity contribution in [3.05, 3.63) is 66.2 Å². The van der Waals surface area contributed by atoms with Gasteiger partial charge in [0, 0.05) is 35.2 Å². The molecule has 0 spiro atoms. The molecule has 3 aromatic rings. The maximum Gasteiger partial charge on any atom is 0.126 e. The van der Waals surface area contributed by atoms with Crippen LogP contribution in [0.2, 0.25) is 5.02 Å². The van der Waals surface area contributed by atoms with E-state index in [4.69, 9.17) is 17.3 Å². The van der Waals surface area contributed by atoms with Crippen LogP contribution in [0.15, 0.2) is 61.2 Å². The van der Waals surface area contributed by atoms with Gasteiger partial charge in [0.15, 0.2) is 0 Å². The van der Waals surface area contributed by atoms with Gasteiger partial charge in [-0.1, -0.05) is 57.7 Å². The minimum atomic E-state index is 0. The number of nitrogen functional groups attached to an aromatic ring is 1. The molecule has 0 unspecified atom stereocenters. The van der Waals surface area contributed by atoms with E-state index in [1.54, 1.807) is 36.9 Å². The largest absolute Gasteiger partial charge is 0.399 e. The topological polar surface area (TPSA) is 112 Å². The van der Waals surface area contributed by atoms with Gasteiger partial charge in [0.1, 0.15) is 12.1 Å². The predicted molar refractivity (Wildman–Crippen MR) is 130 cm³/mol. The number of nitrogens with one attached hydrogen (secondary N) is 1. The molecule has 0 bridgehead atoms. The number of aromatic nitrogens is 3. The number of hydrogen-bond donors (Lipinski definition) is 3. The van der Waals surface area contributed by atoms with Crippen molar-refractivity contribution < 1.29 is 0 Å². The van der Waals surface area contributed by atoms with Crippen LogP contribution in [0.4, 0.5) is 11.5 Å². The van der Waals surface area contributed by atoms with Gasteiger partial charge in [-0.05, 0) is 42.8 Å². The van der Waals surface area contributed by atoms with Crippen molar-refractivity contribution in [3.63, 3.8) is 0 Å². The van der Waals surface area contributed by atoms with Crippen LogP contribution < -0.4 is 17.2 Å². The van der Waals surface area contributed by atoms with Crippen LogP contribution in [0.5, 0.6) is 0 Å². The van der Waals surface area contributed by atoms with Crippen LogP contribution in [0.3, 0.4) is 0 Å². The molecule has 2 aromatic heterocycles. The molecular formula is C23H35ClN6. The summed E-state index contributed by atoms with van der Waals surface area (Å²) in [6, 6.07) is 13.0. The third kappa shape index (κ3) is 12.0. The first-order chi connectivity index (χ1) is 14.1. The van der Waals surface area contributed by atoms with Crippen molar-refractivity contribution in [2.75, 3.05) is 17.6 Å². The Kier molecular flexibility index (Phi) is 15.6. The lowest BCUT2D eigenvalue weighted by molar-refractivity contribution is 0.831. The zero-order chi connectivity index (χ0) is 21.3. The van der Waals surface area contributed by atoms with Gasteiger partial charge in [-0.2, -0.15) is 0 Å². The summed E-state index contributed by atoms with van der Waals surface area (Å²) in [7, 11) is 0. The highest BCUT2D eigenvalue weighted by atomic mass is 35.5. The Bertz CT molecular complexity index is 779. The first-order valence-electron chi connectivity index (χ1n) is 10.1. The maximum absolute atomic E-state index is 5.56. The molecule has 6 N–H and O–H groups in total. The third-order valence-electron chi connectivity index (χ3n) is 3.82. The van der Waals surface area contributed by atoms with Gasteiger partial charge in [0.2, 0.25) is 0 Å². The van der Waals surface area contributed by atoms with E-state index < -0.39 is 0 Å². The predicted octanol–water partition coefficient (Wildman–Crippen LogP) is 6.64. The van der Waals surface area contributed by atoms with Gasteiger partial charge >= 0.3 is 0 Å². The molecule has 0 fully saturated rings. The van der Waals surface area contributed by atoms with Crippen molar-refractivity contribution in [2.45, 2.75) is 46.5 Å². The Morgan fingerprint density at radius 2 is 1.70 bits per heavy atom. The van der Waals surface area contributed by atoms with Crippen molar-refractivity contribution in [2.24, 2.45) is 0 Å². The molecule has 0 amide bonds. The lowest BCUT2D eigenvalue weighted by Gasteiger charge is -2.06. The average Bonchev–Trinajstić information content (AvgIpc) is 2.75. The number of benzene rings is 1. The average molecular weight is 431 g/mol. The Hall–Kier alpha value is -2.70. The minimum Gasteiger partial charge on any atom is -0.399 e. The second-order valence-electron chi connectivity index (χ2n) is 6.36. The van der Waals surface area contributed by atoms with Crippen molar-refractivity contribution >= 4 is 23.1 Å². The van der Waals surface area contributed by atoms with Gasteiger partial charge in [0.25, 0.3) is 0 Å². The van der Waals surface area contributed by atoms with Crippen LogP contribution >= 0.6 is 11.6 Å². The van der Waals surface area contributed by atoms with Gasteiger partial charge in [0.05, 0.1) is 5.69 Å². The summed E-state index contributed by atoms with van der Waals surface area (Å²) in [4.78, 5) is 12.4. The summed E-state index contributed by atoms with van der Waals surface area (Å²) in [5, 5.41) is 3.99. The quantitative estimate of drug-likeness (QED) is 0.298. The molecule has 164 valence electrons. The van der Waals surface area contributed by atoms with E-state index >= 15 is 0 Å². The van der Waals surface area contributed by atoms with Crippen LogP contribution in [0, 0.1) is 0 Å². The number of anilines is 2. The Labute approximate surface area is 185 Å². The summed E-state index contributed by atoms with van der Waals surface area (Å²) in [6.45, 7) is 7.49. The number of pyridine rings is 1. The highest BCUT2D eigenvalue weighted by Gasteiger charge is 2.00. The molecule has 1 aromatic carbocycles. The van der Waals surface area contributed by atoms with E-state index in [1.807, 2.05) is 24.3 Å². The fraction of sp³-hybridized carbons (Fsp3) is 0.348. The maximum atomic E-state index is 5.56. The summed E-state index contributed by atoms with van der Waals surface area (Å²) < 4.78 is 0. The van der Waals surface area contributed by atoms with E-state index in [-0.39, 0.29) is 6.15 Å². The van der Waals surface area contributed by atoms with E-state index in [0.29, 0.717) is 10.7 Å². The summed E-state index contributed by atoms with van der Waals surface area (Å²) in [5.74, 6) is 0.898. The Morgan fingerprint density at radius 1 is 0.933 bits per heavy atom. The van der Waals surface area contributed by atoms with Crippen molar-refractivity contribution in [3.8, 4) is 11.3 Å². The van der Waals surface area contributed by atoms with E-state index in [9.17, 15) is 0 Å². The number of rotatable bonds is 6. The zero-order valence-corrected chi connectivity index (χ0v) is 19.1. The van der Waals surface area contributed by atoms with E-state index in [0.717, 1.165) is 30.0 Å². The summed E-state index contributed by atoms with van der Waals surface area (Å²) >= 11 is 5.56. The highest BCUT2D eigenvalue weighted by Crippen LogP contribution is 2.18. The number of unbranched alkanes of at least 4 members (excludes halogenated alkanes) is 2. The molecule has 2 heterocycles. The number of nitrogens with zero attached hydrogens (tertiary/aromatic N) is 3. The van der Waals surface area contributed by atoms with Crippen LogP contribution in [0.1, 0.15) is 46.5 Å². The normalized spacial score (nSPS) is 9.20. The Morgan fingerprint density at radius 3 is 2.23 bits per heavy atom. The van der Waals surface area contributed by atoms with E-state index in [1.165, 1.54) is 19.3 Å². The fourth-order valence-electron chi connectivity index (χ4n) is 2.05. The molecule has 0 saturated carbocycles.